The standard InChI is InChI=1S/C56H71N9O23S.Na/c1-4-5-6-17-86-32-14-11-27(12-15-32)33-21-39(87-63-33)28-7-9-29(10-8-28)49(75)58-34-20-38(70)52(78)62-54(80)45-46(72)25(2)23-65(45)56(82)43(37(69)22-41(57)71)60-53(79)44(48(74)47(73)30-13-16-36(68)40(18-30)88-89(83,84)85)61-51(77)35-19-31(67)24-64(35)55(81)42(26(3)66)59-50(34)76;/h7-16,18,21,25-26,31,34-35,37-38,42-48,52,66-70,72-74,78H,4-6,17,19-20,22-24H2,1-3H3,(H2,57,71)(H,58,75)(H,59,76)(H,60,79)(H,61,77)(H,62,80)(H,83,84,85);/q;+1/p-1/t25-,26+,31+,34-,35-,37+,38+,42-,43-,44-,45-,46-,47-,48-,52-;/m0./s1. The van der Waals surface area contributed by atoms with Crippen molar-refractivity contribution in [3.8, 4) is 39.8 Å². The molecule has 3 aliphatic heterocycles. The molecule has 4 aromatic rings. The Morgan fingerprint density at radius 3 is 2.07 bits per heavy atom. The van der Waals surface area contributed by atoms with Crippen molar-refractivity contribution in [2.24, 2.45) is 11.7 Å². The Balaban J connectivity index is 0.0000129. The topological polar surface area (TPSA) is 513 Å². The van der Waals surface area contributed by atoms with Crippen LogP contribution in [0.4, 0.5) is 0 Å². The van der Waals surface area contributed by atoms with Crippen molar-refractivity contribution in [2.75, 3.05) is 19.7 Å². The number of ether oxygens (including phenoxy) is 1. The van der Waals surface area contributed by atoms with Crippen LogP contribution in [0.5, 0.6) is 17.2 Å². The van der Waals surface area contributed by atoms with Gasteiger partial charge in [0.25, 0.3) is 16.3 Å². The van der Waals surface area contributed by atoms with Crippen molar-refractivity contribution < 1.29 is 140 Å². The number of hydrogen-bond acceptors (Lipinski definition) is 24. The van der Waals surface area contributed by atoms with E-state index in [9.17, 15) is 97.3 Å². The second-order valence-electron chi connectivity index (χ2n) is 21.9. The molecule has 484 valence electrons. The number of aliphatic hydroxyl groups excluding tert-OH is 8. The molecule has 1 aromatic heterocycles. The molecule has 0 bridgehead atoms. The minimum absolute atomic E-state index is 0. The van der Waals surface area contributed by atoms with Crippen LogP contribution in [0.1, 0.15) is 81.3 Å². The summed E-state index contributed by atoms with van der Waals surface area (Å²) in [6.45, 7) is 3.72. The van der Waals surface area contributed by atoms with Gasteiger partial charge in [0.1, 0.15) is 66.0 Å². The van der Waals surface area contributed by atoms with E-state index >= 15 is 0 Å². The summed E-state index contributed by atoms with van der Waals surface area (Å²) in [5.41, 5.74) is 6.24. The van der Waals surface area contributed by atoms with Crippen LogP contribution in [-0.4, -0.2) is 220 Å². The molecular weight excluding hydrogens is 1220 g/mol. The van der Waals surface area contributed by atoms with E-state index in [-0.39, 0.29) is 35.1 Å². The van der Waals surface area contributed by atoms with Crippen LogP contribution in [0.25, 0.3) is 22.6 Å². The summed E-state index contributed by atoms with van der Waals surface area (Å²) in [6.07, 6.45) is -17.3. The molecule has 32 nitrogen and oxygen atoms in total. The number of carbonyl (C=O) groups excluding carboxylic acids is 8. The van der Waals surface area contributed by atoms with Gasteiger partial charge in [0.2, 0.25) is 41.4 Å². The first-order valence-electron chi connectivity index (χ1n) is 28.1. The van der Waals surface area contributed by atoms with Crippen molar-refractivity contribution in [1.29, 1.82) is 0 Å². The van der Waals surface area contributed by atoms with Crippen molar-refractivity contribution in [3.05, 3.63) is 83.9 Å². The van der Waals surface area contributed by atoms with Gasteiger partial charge in [0.05, 0.1) is 37.4 Å². The van der Waals surface area contributed by atoms with E-state index in [4.69, 9.17) is 15.0 Å². The van der Waals surface area contributed by atoms with Gasteiger partial charge in [-0.05, 0) is 67.4 Å². The number of aromatic nitrogens is 1. The number of nitrogens with two attached hydrogens (primary N) is 1. The first-order valence-corrected chi connectivity index (χ1v) is 29.4. The number of rotatable bonds is 18. The first kappa shape index (κ1) is 71.7. The number of nitrogens with one attached hydrogen (secondary N) is 5. The number of carbonyl (C=O) groups is 8. The minimum atomic E-state index is -5.60. The fourth-order valence-corrected chi connectivity index (χ4v) is 10.7. The molecule has 3 aliphatic rings. The number of primary amides is 1. The fourth-order valence-electron chi connectivity index (χ4n) is 10.3. The number of phenols is 1. The van der Waals surface area contributed by atoms with Gasteiger partial charge in [-0.2, -0.15) is 0 Å². The number of phenolic OH excluding ortho intramolecular Hbond substituents is 1. The zero-order chi connectivity index (χ0) is 65.3. The maximum atomic E-state index is 14.7. The van der Waals surface area contributed by atoms with Crippen LogP contribution in [0.3, 0.4) is 0 Å². The number of fused-ring (bicyclic) bond motifs is 2. The number of amides is 8. The average molecular weight is 1290 g/mol. The molecule has 16 N–H and O–H groups in total. The number of aromatic hydroxyl groups is 1. The molecule has 90 heavy (non-hydrogen) atoms. The summed E-state index contributed by atoms with van der Waals surface area (Å²) in [5, 5.41) is 116. The SMILES string of the molecule is CCCCCOc1ccc(-c2cc(-c3ccc(C(=O)N[C@H]4C[C@@H](O)[C@H](O)NC(=O)[C@@H]5[C@@H](O)[C@@H](C)CN5C(=O)[C@H]([C@H](O)CC(N)=O)NC(=O)[C@H]([C@H](O)[C@@H](O)c5ccc(O)c(OS(=O)(=O)[O-])c5)NC(=O)[C@@H]5C[C@@H](O)CN5C(=O)[C@H]([C@@H](C)O)NC4=O)cc3)on2)cc1.[Na+]. The van der Waals surface area contributed by atoms with Crippen molar-refractivity contribution in [3.63, 3.8) is 0 Å². The van der Waals surface area contributed by atoms with E-state index in [2.05, 4.69) is 32.2 Å². The molecule has 0 spiro atoms. The van der Waals surface area contributed by atoms with Gasteiger partial charge >= 0.3 is 29.6 Å². The summed E-state index contributed by atoms with van der Waals surface area (Å²) in [7, 11) is -5.60. The molecule has 3 aromatic carbocycles. The van der Waals surface area contributed by atoms with Crippen molar-refractivity contribution >= 4 is 57.7 Å². The van der Waals surface area contributed by atoms with Crippen LogP contribution < -0.4 is 70.8 Å². The van der Waals surface area contributed by atoms with E-state index in [1.807, 2.05) is 10.6 Å². The maximum Gasteiger partial charge on any atom is 1.00 e. The Morgan fingerprint density at radius 1 is 0.800 bits per heavy atom. The molecule has 15 atom stereocenters. The smallest absolute Gasteiger partial charge is 0.716 e. The number of benzene rings is 3. The molecule has 0 radical (unpaired) electrons. The summed E-state index contributed by atoms with van der Waals surface area (Å²) >= 11 is 0. The normalized spacial score (nSPS) is 26.2. The van der Waals surface area contributed by atoms with E-state index in [1.54, 1.807) is 30.3 Å². The van der Waals surface area contributed by atoms with E-state index in [0.29, 0.717) is 56.9 Å². The third-order valence-corrected chi connectivity index (χ3v) is 15.6. The zero-order valence-corrected chi connectivity index (χ0v) is 51.8. The molecule has 3 fully saturated rings. The number of nitrogens with zero attached hydrogens (tertiary/aromatic N) is 3. The minimum Gasteiger partial charge on any atom is -0.716 e. The molecule has 4 heterocycles. The third kappa shape index (κ3) is 17.8. The summed E-state index contributed by atoms with van der Waals surface area (Å²) < 4.78 is 49.9. The first-order chi connectivity index (χ1) is 42.0. The molecule has 34 heteroatoms. The molecule has 8 amide bonds. The molecule has 0 aliphatic carbocycles. The monoisotopic (exact) mass is 1290 g/mol. The molecule has 0 unspecified atom stereocenters. The Bertz CT molecular complexity index is 3340. The third-order valence-electron chi connectivity index (χ3n) is 15.2. The second-order valence-corrected chi connectivity index (χ2v) is 22.9. The fraction of sp³-hybridized carbons (Fsp3) is 0.482. The Morgan fingerprint density at radius 2 is 1.43 bits per heavy atom. The predicted molar refractivity (Wildman–Crippen MR) is 302 cm³/mol. The van der Waals surface area contributed by atoms with Gasteiger partial charge in [-0.1, -0.05) is 50.0 Å². The van der Waals surface area contributed by atoms with Crippen molar-refractivity contribution in [1.82, 2.24) is 41.5 Å². The van der Waals surface area contributed by atoms with Gasteiger partial charge in [-0.3, -0.25) is 38.4 Å². The second kappa shape index (κ2) is 31.1. The van der Waals surface area contributed by atoms with Gasteiger partial charge in [-0.15, -0.1) is 0 Å². The van der Waals surface area contributed by atoms with Crippen LogP contribution >= 0.6 is 0 Å². The van der Waals surface area contributed by atoms with Gasteiger partial charge in [0, 0.05) is 54.6 Å². The zero-order valence-electron chi connectivity index (χ0n) is 49.0. The summed E-state index contributed by atoms with van der Waals surface area (Å²) in [6, 6.07) is 3.37. The molecular formula is C56H70N9NaO23S. The average Bonchev–Trinajstić information content (AvgIpc) is 2.24. The van der Waals surface area contributed by atoms with E-state index in [0.717, 1.165) is 32.3 Å². The molecule has 7 rings (SSSR count). The van der Waals surface area contributed by atoms with Crippen LogP contribution in [0, 0.1) is 5.92 Å². The number of hydrogen-bond donors (Lipinski definition) is 15. The number of aliphatic hydroxyl groups is 8. The van der Waals surface area contributed by atoms with E-state index < -0.39 is 198 Å². The summed E-state index contributed by atoms with van der Waals surface area (Å²) in [4.78, 5) is 115. The Hall–Kier alpha value is -7.38. The Kier molecular flexibility index (Phi) is 24.8. The van der Waals surface area contributed by atoms with Crippen LogP contribution in [0.2, 0.25) is 0 Å². The van der Waals surface area contributed by atoms with Gasteiger partial charge in [-0.25, -0.2) is 8.42 Å². The quantitative estimate of drug-likeness (QED) is 0.0190. The van der Waals surface area contributed by atoms with E-state index in [1.165, 1.54) is 31.2 Å². The van der Waals surface area contributed by atoms with Crippen molar-refractivity contribution in [2.45, 2.75) is 145 Å². The molecule has 0 saturated carbocycles. The van der Waals surface area contributed by atoms with Gasteiger partial charge < -0.3 is 106 Å². The van der Waals surface area contributed by atoms with Gasteiger partial charge in [0.15, 0.2) is 23.5 Å². The predicted octanol–water partition coefficient (Wildman–Crippen LogP) is -7.24. The summed E-state index contributed by atoms with van der Waals surface area (Å²) in [5.74, 6) is -13.2. The molecule has 3 saturated heterocycles. The largest absolute Gasteiger partial charge is 1.00 e. The van der Waals surface area contributed by atoms with Crippen LogP contribution in [0.15, 0.2) is 77.3 Å². The van der Waals surface area contributed by atoms with Crippen LogP contribution in [-0.2, 0) is 44.0 Å². The maximum absolute atomic E-state index is 14.7. The Labute approximate surface area is 536 Å². The number of unbranched alkanes of at least 4 members (excludes halogenated alkanes) is 2.